The Balaban J connectivity index is 2.19. The third-order valence-electron chi connectivity index (χ3n) is 1.91. The Labute approximate surface area is 108 Å². The van der Waals surface area contributed by atoms with Gasteiger partial charge in [-0.1, -0.05) is 23.2 Å². The number of ether oxygens (including phenoxy) is 1. The average Bonchev–Trinajstić information content (AvgIpc) is 2.28. The zero-order valence-corrected chi connectivity index (χ0v) is 10.1. The molecule has 1 heterocycles. The van der Waals surface area contributed by atoms with Crippen molar-refractivity contribution in [1.82, 2.24) is 9.97 Å². The van der Waals surface area contributed by atoms with Crippen LogP contribution in [0.1, 0.15) is 5.56 Å². The SMILES string of the molecule is OCc1cnc(Oc2cc(Cl)cc(Cl)c2)nc1. The summed E-state index contributed by atoms with van der Waals surface area (Å²) in [4.78, 5) is 7.85. The number of aliphatic hydroxyl groups excluding tert-OH is 1. The van der Waals surface area contributed by atoms with Gasteiger partial charge in [-0.15, -0.1) is 0 Å². The quantitative estimate of drug-likeness (QED) is 0.932. The molecule has 2 rings (SSSR count). The number of aromatic nitrogens is 2. The lowest BCUT2D eigenvalue weighted by Crippen LogP contribution is -1.93. The van der Waals surface area contributed by atoms with E-state index in [-0.39, 0.29) is 12.6 Å². The van der Waals surface area contributed by atoms with E-state index >= 15 is 0 Å². The predicted octanol–water partition coefficient (Wildman–Crippen LogP) is 3.07. The summed E-state index contributed by atoms with van der Waals surface area (Å²) in [6.07, 6.45) is 2.96. The molecule has 0 unspecified atom stereocenters. The minimum atomic E-state index is -0.108. The summed E-state index contributed by atoms with van der Waals surface area (Å²) in [7, 11) is 0. The summed E-state index contributed by atoms with van der Waals surface area (Å²) < 4.78 is 5.37. The summed E-state index contributed by atoms with van der Waals surface area (Å²) >= 11 is 11.7. The molecule has 1 N–H and O–H groups in total. The molecule has 0 aliphatic carbocycles. The van der Waals surface area contributed by atoms with Gasteiger partial charge < -0.3 is 9.84 Å². The van der Waals surface area contributed by atoms with Gasteiger partial charge in [-0.3, -0.25) is 0 Å². The third-order valence-corrected chi connectivity index (χ3v) is 2.35. The molecule has 1 aromatic carbocycles. The monoisotopic (exact) mass is 270 g/mol. The van der Waals surface area contributed by atoms with Crippen LogP contribution in [0.2, 0.25) is 10.0 Å². The summed E-state index contributed by atoms with van der Waals surface area (Å²) in [5.41, 5.74) is 0.612. The van der Waals surface area contributed by atoms with Crippen LogP contribution < -0.4 is 4.74 Å². The van der Waals surface area contributed by atoms with E-state index in [9.17, 15) is 0 Å². The maximum absolute atomic E-state index is 8.84. The first-order chi connectivity index (χ1) is 8.17. The molecule has 88 valence electrons. The van der Waals surface area contributed by atoms with Crippen molar-refractivity contribution in [2.45, 2.75) is 6.61 Å². The largest absolute Gasteiger partial charge is 0.424 e. The molecule has 4 nitrogen and oxygen atoms in total. The lowest BCUT2D eigenvalue weighted by Gasteiger charge is -2.04. The molecule has 0 atom stereocenters. The third kappa shape index (κ3) is 3.30. The second kappa shape index (κ2) is 5.31. The maximum Gasteiger partial charge on any atom is 0.321 e. The second-order valence-corrected chi connectivity index (χ2v) is 4.11. The zero-order chi connectivity index (χ0) is 12.3. The number of benzene rings is 1. The van der Waals surface area contributed by atoms with Crippen LogP contribution in [0.25, 0.3) is 0 Å². The Morgan fingerprint density at radius 1 is 1.06 bits per heavy atom. The fourth-order valence-electron chi connectivity index (χ4n) is 1.17. The standard InChI is InChI=1S/C11H8Cl2N2O2/c12-8-1-9(13)3-10(2-8)17-11-14-4-7(6-16)5-15-11/h1-5,16H,6H2. The number of hydrogen-bond acceptors (Lipinski definition) is 4. The Morgan fingerprint density at radius 2 is 1.65 bits per heavy atom. The number of halogens is 2. The Bertz CT molecular complexity index is 497. The van der Waals surface area contributed by atoms with Crippen molar-refractivity contribution in [2.75, 3.05) is 0 Å². The van der Waals surface area contributed by atoms with Crippen LogP contribution in [-0.4, -0.2) is 15.1 Å². The van der Waals surface area contributed by atoms with E-state index in [4.69, 9.17) is 33.0 Å². The Hall–Kier alpha value is -1.36. The molecule has 0 aliphatic rings. The first-order valence-corrected chi connectivity index (χ1v) is 5.48. The van der Waals surface area contributed by atoms with Gasteiger partial charge in [-0.25, -0.2) is 9.97 Å². The molecule has 0 radical (unpaired) electrons. The van der Waals surface area contributed by atoms with E-state index in [0.29, 0.717) is 21.4 Å². The van der Waals surface area contributed by atoms with E-state index in [0.717, 1.165) is 0 Å². The molecule has 1 aromatic heterocycles. The van der Waals surface area contributed by atoms with Gasteiger partial charge in [0.1, 0.15) is 5.75 Å². The smallest absolute Gasteiger partial charge is 0.321 e. The average molecular weight is 271 g/mol. The van der Waals surface area contributed by atoms with Crippen molar-refractivity contribution in [1.29, 1.82) is 0 Å². The van der Waals surface area contributed by atoms with Crippen molar-refractivity contribution in [2.24, 2.45) is 0 Å². The van der Waals surface area contributed by atoms with Crippen molar-refractivity contribution < 1.29 is 9.84 Å². The Kier molecular flexibility index (Phi) is 3.78. The van der Waals surface area contributed by atoms with E-state index in [1.807, 2.05) is 0 Å². The van der Waals surface area contributed by atoms with E-state index in [1.54, 1.807) is 18.2 Å². The van der Waals surface area contributed by atoms with Crippen LogP contribution in [-0.2, 0) is 6.61 Å². The molecular weight excluding hydrogens is 263 g/mol. The molecule has 0 fully saturated rings. The van der Waals surface area contributed by atoms with Gasteiger partial charge in [-0.2, -0.15) is 0 Å². The van der Waals surface area contributed by atoms with Crippen LogP contribution in [0, 0.1) is 0 Å². The highest BCUT2D eigenvalue weighted by Crippen LogP contribution is 2.26. The fourth-order valence-corrected chi connectivity index (χ4v) is 1.68. The van der Waals surface area contributed by atoms with Gasteiger partial charge in [0.05, 0.1) is 6.61 Å². The summed E-state index contributed by atoms with van der Waals surface area (Å²) in [5, 5.41) is 9.78. The van der Waals surface area contributed by atoms with Gasteiger partial charge >= 0.3 is 6.01 Å². The second-order valence-electron chi connectivity index (χ2n) is 3.24. The first-order valence-electron chi connectivity index (χ1n) is 4.73. The van der Waals surface area contributed by atoms with E-state index in [2.05, 4.69) is 9.97 Å². The molecule has 6 heteroatoms. The minimum Gasteiger partial charge on any atom is -0.424 e. The van der Waals surface area contributed by atoms with Crippen LogP contribution >= 0.6 is 23.2 Å². The number of nitrogens with zero attached hydrogens (tertiary/aromatic N) is 2. The highest BCUT2D eigenvalue weighted by atomic mass is 35.5. The lowest BCUT2D eigenvalue weighted by atomic mass is 10.3. The maximum atomic E-state index is 8.84. The molecule has 0 saturated heterocycles. The van der Waals surface area contributed by atoms with Crippen LogP contribution in [0.5, 0.6) is 11.8 Å². The fraction of sp³-hybridized carbons (Fsp3) is 0.0909. The van der Waals surface area contributed by atoms with Crippen LogP contribution in [0.3, 0.4) is 0 Å². The predicted molar refractivity (Wildman–Crippen MR) is 64.5 cm³/mol. The van der Waals surface area contributed by atoms with Gasteiger partial charge in [0.25, 0.3) is 0 Å². The molecular formula is C11H8Cl2N2O2. The van der Waals surface area contributed by atoms with Gasteiger partial charge in [-0.05, 0) is 18.2 Å². The first kappa shape index (κ1) is 12.1. The molecule has 0 aliphatic heterocycles. The molecule has 0 amide bonds. The Morgan fingerprint density at radius 3 is 2.18 bits per heavy atom. The highest BCUT2D eigenvalue weighted by molar-refractivity contribution is 6.34. The molecule has 2 aromatic rings. The van der Waals surface area contributed by atoms with Crippen molar-refractivity contribution in [3.05, 3.63) is 46.2 Å². The highest BCUT2D eigenvalue weighted by Gasteiger charge is 2.03. The van der Waals surface area contributed by atoms with Crippen LogP contribution in [0.15, 0.2) is 30.6 Å². The molecule has 0 saturated carbocycles. The zero-order valence-electron chi connectivity index (χ0n) is 8.60. The van der Waals surface area contributed by atoms with Crippen molar-refractivity contribution in [3.63, 3.8) is 0 Å². The summed E-state index contributed by atoms with van der Waals surface area (Å²) in [6, 6.07) is 4.99. The molecule has 0 bridgehead atoms. The van der Waals surface area contributed by atoms with Crippen molar-refractivity contribution in [3.8, 4) is 11.8 Å². The van der Waals surface area contributed by atoms with Crippen molar-refractivity contribution >= 4 is 23.2 Å². The number of aliphatic hydroxyl groups is 1. The summed E-state index contributed by atoms with van der Waals surface area (Å²) in [5.74, 6) is 0.458. The van der Waals surface area contributed by atoms with E-state index in [1.165, 1.54) is 12.4 Å². The van der Waals surface area contributed by atoms with E-state index < -0.39 is 0 Å². The minimum absolute atomic E-state index is 0.108. The number of rotatable bonds is 3. The van der Waals surface area contributed by atoms with Crippen LogP contribution in [0.4, 0.5) is 0 Å². The topological polar surface area (TPSA) is 55.2 Å². The summed E-state index contributed by atoms with van der Waals surface area (Å²) in [6.45, 7) is -0.108. The van der Waals surface area contributed by atoms with Gasteiger partial charge in [0.2, 0.25) is 0 Å². The molecule has 0 spiro atoms. The molecule has 17 heavy (non-hydrogen) atoms. The van der Waals surface area contributed by atoms with Gasteiger partial charge in [0, 0.05) is 28.0 Å². The lowest BCUT2D eigenvalue weighted by molar-refractivity contribution is 0.280. The number of hydrogen-bond donors (Lipinski definition) is 1. The normalized spacial score (nSPS) is 10.3. The van der Waals surface area contributed by atoms with Gasteiger partial charge in [0.15, 0.2) is 0 Å².